The van der Waals surface area contributed by atoms with Crippen molar-refractivity contribution in [3.8, 4) is 11.8 Å². The number of piperidine rings is 1. The monoisotopic (exact) mass is 752 g/mol. The summed E-state index contributed by atoms with van der Waals surface area (Å²) < 4.78 is 25.1. The van der Waals surface area contributed by atoms with Crippen LogP contribution in [0.2, 0.25) is 10.0 Å². The predicted molar refractivity (Wildman–Crippen MR) is 203 cm³/mol. The highest BCUT2D eigenvalue weighted by atomic mass is 35.5. The summed E-state index contributed by atoms with van der Waals surface area (Å²) in [7, 11) is 1.62. The number of anilines is 3. The Balaban J connectivity index is 1.13. The van der Waals surface area contributed by atoms with E-state index >= 15 is 0 Å². The molecule has 3 heterocycles. The van der Waals surface area contributed by atoms with Crippen molar-refractivity contribution in [3.63, 3.8) is 0 Å². The summed E-state index contributed by atoms with van der Waals surface area (Å²) in [5.74, 6) is 0.135. The molecule has 0 aliphatic carbocycles. The largest absolute Gasteiger partial charge is 0.497 e. The number of rotatable bonds is 10. The number of nitrogens with one attached hydrogen (secondary N) is 4. The maximum absolute atomic E-state index is 13.9. The van der Waals surface area contributed by atoms with Gasteiger partial charge >= 0.3 is 6.09 Å². The lowest BCUT2D eigenvalue weighted by Crippen LogP contribution is -2.49. The molecule has 270 valence electrons. The van der Waals surface area contributed by atoms with Crippen molar-refractivity contribution in [3.05, 3.63) is 136 Å². The minimum absolute atomic E-state index is 0.0553. The molecule has 0 radical (unpaired) electrons. The first-order chi connectivity index (χ1) is 25.8. The smallest absolute Gasteiger partial charge is 0.410 e. The van der Waals surface area contributed by atoms with Crippen LogP contribution < -0.4 is 26.3 Å². The number of hydrazine groups is 2. The van der Waals surface area contributed by atoms with Crippen LogP contribution in [0.15, 0.2) is 103 Å². The number of halogens is 3. The minimum atomic E-state index is -0.553. The fraction of sp³-hybridized carbons (Fsp3) is 0.205. The highest BCUT2D eigenvalue weighted by Crippen LogP contribution is 2.38. The van der Waals surface area contributed by atoms with Crippen LogP contribution in [0, 0.1) is 17.1 Å². The number of methoxy groups -OCH3 is 1. The molecule has 14 heteroatoms. The highest BCUT2D eigenvalue weighted by molar-refractivity contribution is 6.36. The Kier molecular flexibility index (Phi) is 10.7. The van der Waals surface area contributed by atoms with Gasteiger partial charge in [-0.05, 0) is 66.4 Å². The quantitative estimate of drug-likeness (QED) is 0.110. The van der Waals surface area contributed by atoms with Crippen LogP contribution in [0.3, 0.4) is 0 Å². The Bertz CT molecular complexity index is 2210. The number of pyridine rings is 1. The van der Waals surface area contributed by atoms with Crippen LogP contribution >= 0.6 is 23.2 Å². The van der Waals surface area contributed by atoms with Crippen LogP contribution in [-0.4, -0.2) is 47.2 Å². The molecule has 5 aromatic rings. The zero-order valence-corrected chi connectivity index (χ0v) is 30.1. The third-order valence-electron chi connectivity index (χ3n) is 9.21. The molecule has 1 saturated heterocycles. The number of hydrogen-bond acceptors (Lipinski definition) is 10. The molecule has 0 bridgehead atoms. The van der Waals surface area contributed by atoms with E-state index in [0.717, 1.165) is 29.7 Å². The van der Waals surface area contributed by atoms with Gasteiger partial charge in [0.05, 0.1) is 45.7 Å². The molecule has 7 rings (SSSR count). The number of aromatic nitrogens is 1. The molecular formula is C39H35Cl2FN8O3. The SMILES string of the molecule is COc1cccc(C(Nc2cc(Cl)c3ncc(C#N)c(Nc4ccc(F)c(Cl)c4)c3c2)C2=CN(C3CCN(C(=O)OCc4ccccc4)CC3)NN2)c1. The van der Waals surface area contributed by atoms with E-state index in [4.69, 9.17) is 32.7 Å². The van der Waals surface area contributed by atoms with Gasteiger partial charge in [0.25, 0.3) is 0 Å². The topological polar surface area (TPSA) is 127 Å². The van der Waals surface area contributed by atoms with Crippen molar-refractivity contribution in [2.24, 2.45) is 0 Å². The average Bonchev–Trinajstić information content (AvgIpc) is 3.68. The van der Waals surface area contributed by atoms with Crippen molar-refractivity contribution >= 4 is 57.3 Å². The molecule has 53 heavy (non-hydrogen) atoms. The summed E-state index contributed by atoms with van der Waals surface area (Å²) in [6.45, 7) is 1.36. The summed E-state index contributed by atoms with van der Waals surface area (Å²) in [6.07, 6.45) is 4.62. The number of nitriles is 1. The van der Waals surface area contributed by atoms with Gasteiger partial charge in [-0.1, -0.05) is 65.7 Å². The summed E-state index contributed by atoms with van der Waals surface area (Å²) >= 11 is 12.9. The average molecular weight is 754 g/mol. The fourth-order valence-corrected chi connectivity index (χ4v) is 6.88. The summed E-state index contributed by atoms with van der Waals surface area (Å²) in [5.41, 5.74) is 11.6. The minimum Gasteiger partial charge on any atom is -0.497 e. The summed E-state index contributed by atoms with van der Waals surface area (Å²) in [4.78, 5) is 19.0. The first kappa shape index (κ1) is 35.7. The highest BCUT2D eigenvalue weighted by Gasteiger charge is 2.31. The number of nitrogens with zero attached hydrogens (tertiary/aromatic N) is 4. The van der Waals surface area contributed by atoms with Gasteiger partial charge in [-0.15, -0.1) is 5.53 Å². The number of amides is 1. The van der Waals surface area contributed by atoms with E-state index in [0.29, 0.717) is 51.8 Å². The number of hydrogen-bond donors (Lipinski definition) is 4. The lowest BCUT2D eigenvalue weighted by atomic mass is 10.0. The van der Waals surface area contributed by atoms with E-state index in [2.05, 4.69) is 32.6 Å². The molecule has 2 aliphatic rings. The molecule has 4 N–H and O–H groups in total. The zero-order valence-electron chi connectivity index (χ0n) is 28.6. The Morgan fingerprint density at radius 3 is 2.58 bits per heavy atom. The lowest BCUT2D eigenvalue weighted by molar-refractivity contribution is 0.0681. The molecule has 0 spiro atoms. The number of carbonyl (C=O) groups is 1. The Morgan fingerprint density at radius 2 is 1.83 bits per heavy atom. The predicted octanol–water partition coefficient (Wildman–Crippen LogP) is 8.43. The summed E-state index contributed by atoms with van der Waals surface area (Å²) in [6, 6.07) is 27.1. The maximum Gasteiger partial charge on any atom is 0.410 e. The van der Waals surface area contributed by atoms with E-state index in [-0.39, 0.29) is 29.3 Å². The molecule has 1 unspecified atom stereocenters. The molecule has 2 aliphatic heterocycles. The van der Waals surface area contributed by atoms with Crippen LogP contribution in [0.4, 0.5) is 26.2 Å². The molecule has 4 aromatic carbocycles. The number of carbonyl (C=O) groups excluding carboxylic acids is 1. The molecule has 1 fully saturated rings. The molecule has 1 atom stereocenters. The first-order valence-electron chi connectivity index (χ1n) is 16.9. The van der Waals surface area contributed by atoms with Crippen LogP contribution in [0.1, 0.15) is 35.6 Å². The third-order valence-corrected chi connectivity index (χ3v) is 9.79. The van der Waals surface area contributed by atoms with Gasteiger partial charge in [-0.25, -0.2) is 9.18 Å². The van der Waals surface area contributed by atoms with E-state index in [9.17, 15) is 14.4 Å². The number of fused-ring (bicyclic) bond motifs is 1. The Morgan fingerprint density at radius 1 is 1.04 bits per heavy atom. The lowest BCUT2D eigenvalue weighted by Gasteiger charge is -2.35. The van der Waals surface area contributed by atoms with Gasteiger partial charge in [0.15, 0.2) is 0 Å². The Hall–Kier alpha value is -5.74. The van der Waals surface area contributed by atoms with Crippen molar-refractivity contribution in [1.82, 2.24) is 25.9 Å². The fourth-order valence-electron chi connectivity index (χ4n) is 6.43. The second kappa shape index (κ2) is 15.9. The number of ether oxygens (including phenoxy) is 2. The van der Waals surface area contributed by atoms with Gasteiger partial charge < -0.3 is 30.4 Å². The standard InChI is InChI=1S/C39H35Cl2FN8O3/c1-52-30-9-5-8-25(16-30)37(35-22-50(48-47-35)29-12-14-49(15-13-29)39(51)53-23-24-6-3-2-4-7-24)46-28-17-31-36(45-27-10-11-34(42)32(40)18-27)26(20-43)21-44-38(31)33(41)19-28/h2-11,16-19,21-22,29,37,46-48H,12-15,23H2,1H3,(H,44,45). The molecule has 1 amide bonds. The summed E-state index contributed by atoms with van der Waals surface area (Å²) in [5, 5.41) is 19.7. The normalized spacial score (nSPS) is 15.0. The molecular weight excluding hydrogens is 718 g/mol. The van der Waals surface area contributed by atoms with E-state index < -0.39 is 11.9 Å². The van der Waals surface area contributed by atoms with Crippen LogP contribution in [0.25, 0.3) is 10.9 Å². The van der Waals surface area contributed by atoms with Crippen LogP contribution in [0.5, 0.6) is 5.75 Å². The van der Waals surface area contributed by atoms with Crippen LogP contribution in [-0.2, 0) is 11.3 Å². The number of likely N-dealkylation sites (tertiary alicyclic amines) is 1. The van der Waals surface area contributed by atoms with E-state index in [1.165, 1.54) is 24.4 Å². The van der Waals surface area contributed by atoms with Crippen molar-refractivity contribution in [1.29, 1.82) is 5.26 Å². The van der Waals surface area contributed by atoms with Crippen molar-refractivity contribution < 1.29 is 18.7 Å². The van der Waals surface area contributed by atoms with Gasteiger partial charge in [0.1, 0.15) is 24.2 Å². The third kappa shape index (κ3) is 8.03. The second-order valence-corrected chi connectivity index (χ2v) is 13.4. The molecule has 11 nitrogen and oxygen atoms in total. The van der Waals surface area contributed by atoms with Gasteiger partial charge in [0.2, 0.25) is 0 Å². The maximum atomic E-state index is 13.9. The second-order valence-electron chi connectivity index (χ2n) is 12.6. The Labute approximate surface area is 315 Å². The van der Waals surface area contributed by atoms with Crippen molar-refractivity contribution in [2.75, 3.05) is 30.8 Å². The van der Waals surface area contributed by atoms with Gasteiger partial charge in [-0.2, -0.15) is 5.26 Å². The zero-order chi connectivity index (χ0) is 36.9. The van der Waals surface area contributed by atoms with Crippen molar-refractivity contribution in [2.45, 2.75) is 31.5 Å². The van der Waals surface area contributed by atoms with E-state index in [1.54, 1.807) is 18.1 Å². The number of benzene rings is 4. The van der Waals surface area contributed by atoms with E-state index in [1.807, 2.05) is 71.9 Å². The van der Waals surface area contributed by atoms with Gasteiger partial charge in [-0.3, -0.25) is 9.99 Å². The first-order valence-corrected chi connectivity index (χ1v) is 17.7. The molecule has 1 aromatic heterocycles. The molecule has 0 saturated carbocycles. The van der Waals surface area contributed by atoms with Gasteiger partial charge in [0, 0.05) is 48.3 Å².